The first-order valence-electron chi connectivity index (χ1n) is 13.7. The van der Waals surface area contributed by atoms with Crippen LogP contribution in [-0.2, 0) is 5.41 Å². The third kappa shape index (κ3) is 6.22. The van der Waals surface area contributed by atoms with Crippen molar-refractivity contribution in [3.63, 3.8) is 0 Å². The number of hydrogen-bond acceptors (Lipinski definition) is 5. The highest BCUT2D eigenvalue weighted by atomic mass is 35.5. The van der Waals surface area contributed by atoms with E-state index in [1.54, 1.807) is 18.1 Å². The summed E-state index contributed by atoms with van der Waals surface area (Å²) in [6.45, 7) is 10.3. The van der Waals surface area contributed by atoms with E-state index in [-0.39, 0.29) is 37.5 Å². The van der Waals surface area contributed by atoms with Crippen LogP contribution in [-0.4, -0.2) is 36.2 Å². The molecule has 1 aliphatic heterocycles. The minimum Gasteiger partial charge on any atom is -0.494 e. The predicted molar refractivity (Wildman–Crippen MR) is 169 cm³/mol. The van der Waals surface area contributed by atoms with Gasteiger partial charge >= 0.3 is 5.97 Å². The number of nitrogens with zero attached hydrogens (tertiary/aromatic N) is 2. The van der Waals surface area contributed by atoms with Gasteiger partial charge in [0.2, 0.25) is 0 Å². The molecule has 2 N–H and O–H groups in total. The number of rotatable bonds is 8. The molecule has 0 amide bonds. The molecule has 6 nitrogen and oxygen atoms in total. The van der Waals surface area contributed by atoms with Crippen molar-refractivity contribution in [3.05, 3.63) is 87.7 Å². The number of aliphatic imine (C=N–C) groups is 1. The average Bonchev–Trinajstić information content (AvgIpc) is 3.19. The van der Waals surface area contributed by atoms with Crippen LogP contribution >= 0.6 is 20.2 Å². The summed E-state index contributed by atoms with van der Waals surface area (Å²) >= 11 is 6.81. The lowest BCUT2D eigenvalue weighted by molar-refractivity contribution is 0.0696. The van der Waals surface area contributed by atoms with Crippen molar-refractivity contribution in [2.24, 2.45) is 10.4 Å². The van der Waals surface area contributed by atoms with E-state index in [1.807, 2.05) is 38.1 Å². The maximum absolute atomic E-state index is 15.8. The molecule has 4 rings (SSSR count). The molecule has 1 aliphatic rings. The number of carboxylic acid groups (broad SMARTS) is 1. The van der Waals surface area contributed by atoms with Gasteiger partial charge in [0, 0.05) is 39.8 Å². The first-order chi connectivity index (χ1) is 19.8. The Kier molecular flexibility index (Phi) is 9.42. The van der Waals surface area contributed by atoms with E-state index < -0.39 is 17.3 Å². The lowest BCUT2D eigenvalue weighted by Gasteiger charge is -2.38. The molecule has 220 valence electrons. The zero-order valence-corrected chi connectivity index (χ0v) is 26.4. The van der Waals surface area contributed by atoms with Crippen molar-refractivity contribution in [3.8, 4) is 11.8 Å². The Morgan fingerprint density at radius 1 is 1.26 bits per heavy atom. The van der Waals surface area contributed by atoms with E-state index in [0.29, 0.717) is 28.4 Å². The van der Waals surface area contributed by atoms with E-state index in [4.69, 9.17) is 16.3 Å². The Bertz CT molecular complexity index is 1570. The Morgan fingerprint density at radius 2 is 2.00 bits per heavy atom. The number of nitrogens with one attached hydrogen (secondary N) is 1. The number of carboxylic acids is 1. The molecule has 0 saturated carbocycles. The van der Waals surface area contributed by atoms with Crippen molar-refractivity contribution in [2.45, 2.75) is 64.5 Å². The number of aromatic carboxylic acids is 1. The largest absolute Gasteiger partial charge is 0.494 e. The average molecular weight is 608 g/mol. The summed E-state index contributed by atoms with van der Waals surface area (Å²) in [5, 5.41) is 25.4. The molecule has 0 aliphatic carbocycles. The zero-order chi connectivity index (χ0) is 30.8. The van der Waals surface area contributed by atoms with Crippen LogP contribution in [0.25, 0.3) is 0 Å². The Hall–Kier alpha value is -3.30. The fourth-order valence-electron chi connectivity index (χ4n) is 6.06. The highest BCUT2D eigenvalue weighted by molar-refractivity contribution is 7.63. The van der Waals surface area contributed by atoms with Crippen LogP contribution < -0.4 is 15.4 Å². The zero-order valence-electron chi connectivity index (χ0n) is 24.6. The van der Waals surface area contributed by atoms with E-state index in [2.05, 4.69) is 37.1 Å². The smallest absolute Gasteiger partial charge is 0.335 e. The van der Waals surface area contributed by atoms with Gasteiger partial charge in [-0.25, -0.2) is 9.18 Å². The van der Waals surface area contributed by atoms with E-state index in [1.165, 1.54) is 25.3 Å². The minimum atomic E-state index is -1.19. The molecular weight excluding hydrogens is 572 g/mol. The molecule has 9 heteroatoms. The molecule has 42 heavy (non-hydrogen) atoms. The second kappa shape index (κ2) is 12.5. The van der Waals surface area contributed by atoms with Crippen molar-refractivity contribution < 1.29 is 19.0 Å². The van der Waals surface area contributed by atoms with Gasteiger partial charge in [-0.1, -0.05) is 56.6 Å². The van der Waals surface area contributed by atoms with Gasteiger partial charge in [0.05, 0.1) is 18.7 Å². The quantitative estimate of drug-likeness (QED) is 0.204. The molecule has 0 radical (unpaired) electrons. The molecule has 3 aromatic rings. The highest BCUT2D eigenvalue weighted by Gasteiger charge is 2.57. The summed E-state index contributed by atoms with van der Waals surface area (Å²) in [5.74, 6) is 0.226. The fourth-order valence-corrected chi connectivity index (χ4v) is 7.36. The van der Waals surface area contributed by atoms with Gasteiger partial charge < -0.3 is 15.2 Å². The Morgan fingerprint density at radius 3 is 2.62 bits per heavy atom. The van der Waals surface area contributed by atoms with Crippen LogP contribution in [0.4, 0.5) is 10.1 Å². The molecule has 1 unspecified atom stereocenters. The lowest BCUT2D eigenvalue weighted by atomic mass is 9.63. The summed E-state index contributed by atoms with van der Waals surface area (Å²) < 4.78 is 21.2. The molecule has 5 atom stereocenters. The van der Waals surface area contributed by atoms with Gasteiger partial charge in [0.1, 0.15) is 22.7 Å². The minimum absolute atomic E-state index is 0.0202. The summed E-state index contributed by atoms with van der Waals surface area (Å²) in [4.78, 5) is 15.9. The Labute approximate surface area is 253 Å². The van der Waals surface area contributed by atoms with Crippen LogP contribution in [0, 0.1) is 29.5 Å². The van der Waals surface area contributed by atoms with Crippen LogP contribution in [0.2, 0.25) is 5.02 Å². The van der Waals surface area contributed by atoms with Gasteiger partial charge in [0.25, 0.3) is 0 Å². The van der Waals surface area contributed by atoms with Crippen molar-refractivity contribution in [2.75, 3.05) is 7.11 Å². The number of ether oxygens (including phenoxy) is 1. The number of methoxy groups -OCH3 is 1. The first-order valence-corrected chi connectivity index (χ1v) is 15.2. The summed E-state index contributed by atoms with van der Waals surface area (Å²) in [6, 6.07) is 17.4. The van der Waals surface area contributed by atoms with Crippen molar-refractivity contribution in [1.29, 1.82) is 5.26 Å². The Balaban J connectivity index is 1.83. The van der Waals surface area contributed by atoms with Crippen LogP contribution in [0.15, 0.2) is 59.6 Å². The third-order valence-electron chi connectivity index (χ3n) is 7.80. The maximum atomic E-state index is 15.8. The summed E-state index contributed by atoms with van der Waals surface area (Å²) in [6.07, 6.45) is 0.667. The van der Waals surface area contributed by atoms with Crippen LogP contribution in [0.3, 0.4) is 0 Å². The topological polar surface area (TPSA) is 94.7 Å². The lowest BCUT2D eigenvalue weighted by Crippen LogP contribution is -2.45. The van der Waals surface area contributed by atoms with Gasteiger partial charge in [-0.15, -0.1) is 0 Å². The van der Waals surface area contributed by atoms with E-state index >= 15 is 4.39 Å². The maximum Gasteiger partial charge on any atom is 0.335 e. The number of aryl methyl sites for hydroxylation is 1. The second-order valence-corrected chi connectivity index (χ2v) is 13.5. The highest BCUT2D eigenvalue weighted by Crippen LogP contribution is 2.52. The van der Waals surface area contributed by atoms with Crippen molar-refractivity contribution >= 4 is 43.1 Å². The second-order valence-electron chi connectivity index (χ2n) is 12.0. The number of benzene rings is 3. The van der Waals surface area contributed by atoms with Crippen molar-refractivity contribution in [1.82, 2.24) is 5.32 Å². The SMILES string of the molecule is COc1cc(C(=O)O)ccc1N=CPc1c(Cl)cccc1[C@H]1[C@H](C)N[C@@H](CC(C)(C)C)[C@]1(C#N)c1ccc(C)cc1F. The van der Waals surface area contributed by atoms with Gasteiger partial charge in [-0.05, 0) is 75.7 Å². The molecule has 0 bridgehead atoms. The fraction of sp³-hybridized carbons (Fsp3) is 0.364. The number of hydrogen-bond donors (Lipinski definition) is 2. The molecule has 1 heterocycles. The third-order valence-corrected chi connectivity index (χ3v) is 9.37. The molecule has 0 aromatic heterocycles. The number of carbonyl (C=O) groups is 1. The van der Waals surface area contributed by atoms with Crippen LogP contribution in [0.5, 0.6) is 5.75 Å². The molecule has 0 spiro atoms. The van der Waals surface area contributed by atoms with Crippen LogP contribution in [0.1, 0.15) is 67.1 Å². The molecule has 1 saturated heterocycles. The molecule has 1 fully saturated rings. The van der Waals surface area contributed by atoms with Gasteiger partial charge in [-0.3, -0.25) is 4.99 Å². The van der Waals surface area contributed by atoms with E-state index in [0.717, 1.165) is 16.4 Å². The first kappa shape index (κ1) is 31.6. The van der Waals surface area contributed by atoms with Gasteiger partial charge in [0.15, 0.2) is 0 Å². The number of halogens is 2. The standard InChI is InChI=1S/C33H36ClFN3O3P/c1-19-10-12-23(25(35)14-19)33(17-36)28(16-32(3,4)5)38-20(2)29(33)22-8-7-9-24(34)30(22)42-18-37-26-13-11-21(31(39)40)15-27(26)41-6/h7-15,18,20,28-29,38,42H,16H2,1-6H3,(H,39,40)/t20-,28-,29+,33-/m0/s1. The molecular formula is C33H36ClFN3O3P. The summed E-state index contributed by atoms with van der Waals surface area (Å²) in [5.41, 5.74) is 1.33. The van der Waals surface area contributed by atoms with Gasteiger partial charge in [-0.2, -0.15) is 5.26 Å². The predicted octanol–water partition coefficient (Wildman–Crippen LogP) is 7.50. The summed E-state index contributed by atoms with van der Waals surface area (Å²) in [7, 11) is 1.48. The number of nitriles is 1. The normalized spacial score (nSPS) is 22.6. The molecule has 3 aromatic carbocycles. The monoisotopic (exact) mass is 607 g/mol. The van der Waals surface area contributed by atoms with E-state index in [9.17, 15) is 15.2 Å².